The minimum atomic E-state index is -1.07. The largest absolute Gasteiger partial charge is 0.476 e. The summed E-state index contributed by atoms with van der Waals surface area (Å²) in [7, 11) is 0. The summed E-state index contributed by atoms with van der Waals surface area (Å²) in [6.45, 7) is 5.14. The molecule has 0 fully saturated rings. The van der Waals surface area contributed by atoms with Crippen LogP contribution in [0.1, 0.15) is 47.1 Å². The van der Waals surface area contributed by atoms with Crippen LogP contribution in [0.3, 0.4) is 0 Å². The number of nitrogens with two attached hydrogens (primary N) is 1. The molecule has 0 aliphatic heterocycles. The molecule has 0 bridgehead atoms. The molecule has 0 aliphatic rings. The molecule has 1 aromatic heterocycles. The molecule has 2 aromatic rings. The third-order valence-electron chi connectivity index (χ3n) is 3.40. The minimum Gasteiger partial charge on any atom is -0.476 e. The average molecular weight is 288 g/mol. The number of aromatic nitrogens is 3. The van der Waals surface area contributed by atoms with E-state index in [1.165, 1.54) is 5.56 Å². The molecule has 0 atom stereocenters. The number of hydrogen-bond donors (Lipinski definition) is 2. The second-order valence-electron chi connectivity index (χ2n) is 5.28. The Morgan fingerprint density at radius 1 is 1.33 bits per heavy atom. The van der Waals surface area contributed by atoms with Gasteiger partial charge >= 0.3 is 5.97 Å². The van der Waals surface area contributed by atoms with Crippen molar-refractivity contribution in [2.24, 2.45) is 5.73 Å². The molecule has 6 heteroatoms. The van der Waals surface area contributed by atoms with E-state index in [0.717, 1.165) is 5.56 Å². The summed E-state index contributed by atoms with van der Waals surface area (Å²) in [5.41, 5.74) is 8.42. The van der Waals surface area contributed by atoms with Gasteiger partial charge in [0.1, 0.15) is 0 Å². The molecule has 1 heterocycles. The Morgan fingerprint density at radius 2 is 2.00 bits per heavy atom. The van der Waals surface area contributed by atoms with Gasteiger partial charge in [-0.05, 0) is 23.6 Å². The van der Waals surface area contributed by atoms with Crippen molar-refractivity contribution in [2.45, 2.75) is 32.7 Å². The third-order valence-corrected chi connectivity index (χ3v) is 3.40. The van der Waals surface area contributed by atoms with E-state index in [1.807, 2.05) is 12.1 Å². The number of rotatable bonds is 6. The fourth-order valence-electron chi connectivity index (χ4n) is 2.19. The van der Waals surface area contributed by atoms with Crippen molar-refractivity contribution < 1.29 is 9.90 Å². The first-order valence-electron chi connectivity index (χ1n) is 6.97. The van der Waals surface area contributed by atoms with Crippen LogP contribution in [0.2, 0.25) is 0 Å². The summed E-state index contributed by atoms with van der Waals surface area (Å²) < 4.78 is 1.61. The zero-order valence-electron chi connectivity index (χ0n) is 12.3. The molecule has 0 spiro atoms. The number of hydrogen-bond acceptors (Lipinski definition) is 4. The highest BCUT2D eigenvalue weighted by Gasteiger charge is 2.18. The van der Waals surface area contributed by atoms with E-state index in [0.29, 0.717) is 31.1 Å². The molecular formula is C15H20N4O2. The lowest BCUT2D eigenvalue weighted by molar-refractivity contribution is 0.0689. The Labute approximate surface area is 123 Å². The van der Waals surface area contributed by atoms with Crippen molar-refractivity contribution in [2.75, 3.05) is 6.54 Å². The Bertz CT molecular complexity index is 617. The van der Waals surface area contributed by atoms with E-state index in [2.05, 4.69) is 36.3 Å². The topological polar surface area (TPSA) is 94.0 Å². The van der Waals surface area contributed by atoms with Crippen LogP contribution in [-0.2, 0) is 13.0 Å². The highest BCUT2D eigenvalue weighted by atomic mass is 16.4. The van der Waals surface area contributed by atoms with Crippen molar-refractivity contribution in [1.29, 1.82) is 0 Å². The van der Waals surface area contributed by atoms with E-state index in [9.17, 15) is 4.79 Å². The van der Waals surface area contributed by atoms with Gasteiger partial charge in [0.2, 0.25) is 0 Å². The van der Waals surface area contributed by atoms with Crippen LogP contribution in [0.25, 0.3) is 0 Å². The summed E-state index contributed by atoms with van der Waals surface area (Å²) >= 11 is 0. The van der Waals surface area contributed by atoms with Crippen LogP contribution >= 0.6 is 0 Å². The predicted octanol–water partition coefficient (Wildman–Crippen LogP) is 1.65. The quantitative estimate of drug-likeness (QED) is 0.843. The summed E-state index contributed by atoms with van der Waals surface area (Å²) in [6, 6.07) is 8.22. The predicted molar refractivity (Wildman–Crippen MR) is 79.4 cm³/mol. The molecule has 0 radical (unpaired) electrons. The lowest BCUT2D eigenvalue weighted by Gasteiger charge is -2.09. The summed E-state index contributed by atoms with van der Waals surface area (Å²) in [5, 5.41) is 16.8. The smallest absolute Gasteiger partial charge is 0.358 e. The van der Waals surface area contributed by atoms with Crippen molar-refractivity contribution >= 4 is 5.97 Å². The molecule has 21 heavy (non-hydrogen) atoms. The first-order chi connectivity index (χ1) is 10.0. The van der Waals surface area contributed by atoms with Gasteiger partial charge in [-0.3, -0.25) is 0 Å². The van der Waals surface area contributed by atoms with Crippen LogP contribution in [0.15, 0.2) is 24.3 Å². The van der Waals surface area contributed by atoms with Crippen molar-refractivity contribution in [3.63, 3.8) is 0 Å². The molecule has 0 unspecified atom stereocenters. The molecule has 0 saturated carbocycles. The number of carboxylic acid groups (broad SMARTS) is 1. The van der Waals surface area contributed by atoms with E-state index >= 15 is 0 Å². The first kappa shape index (κ1) is 15.2. The van der Waals surface area contributed by atoms with Gasteiger partial charge in [0.25, 0.3) is 0 Å². The summed E-state index contributed by atoms with van der Waals surface area (Å²) in [5.74, 6) is -0.586. The molecule has 3 N–H and O–H groups in total. The maximum absolute atomic E-state index is 11.1. The standard InChI is InChI=1S/C15H20N4O2/c1-10(2)12-5-3-11(4-6-12)9-19-13(7-8-16)14(15(20)21)17-18-19/h3-6,10H,7-9,16H2,1-2H3,(H,20,21). The van der Waals surface area contributed by atoms with E-state index in [1.54, 1.807) is 4.68 Å². The van der Waals surface area contributed by atoms with Gasteiger partial charge < -0.3 is 10.8 Å². The fourth-order valence-corrected chi connectivity index (χ4v) is 2.19. The van der Waals surface area contributed by atoms with Gasteiger partial charge in [-0.15, -0.1) is 5.10 Å². The second kappa shape index (κ2) is 6.49. The number of carboxylic acids is 1. The SMILES string of the molecule is CC(C)c1ccc(Cn2nnc(C(=O)O)c2CCN)cc1. The van der Waals surface area contributed by atoms with Crippen molar-refractivity contribution in [3.05, 3.63) is 46.8 Å². The van der Waals surface area contributed by atoms with Gasteiger partial charge in [0.05, 0.1) is 12.2 Å². The van der Waals surface area contributed by atoms with Gasteiger partial charge in [-0.1, -0.05) is 43.3 Å². The van der Waals surface area contributed by atoms with E-state index in [-0.39, 0.29) is 5.69 Å². The molecule has 0 saturated heterocycles. The molecule has 6 nitrogen and oxygen atoms in total. The molecule has 1 aromatic carbocycles. The Morgan fingerprint density at radius 3 is 2.52 bits per heavy atom. The van der Waals surface area contributed by atoms with Gasteiger partial charge in [0.15, 0.2) is 5.69 Å². The van der Waals surface area contributed by atoms with E-state index < -0.39 is 5.97 Å². The van der Waals surface area contributed by atoms with Crippen LogP contribution in [0.5, 0.6) is 0 Å². The minimum absolute atomic E-state index is 0.0146. The Balaban J connectivity index is 2.24. The van der Waals surface area contributed by atoms with Gasteiger partial charge in [-0.2, -0.15) is 0 Å². The molecule has 0 aliphatic carbocycles. The van der Waals surface area contributed by atoms with Gasteiger partial charge in [-0.25, -0.2) is 9.48 Å². The number of nitrogens with zero attached hydrogens (tertiary/aromatic N) is 3. The zero-order chi connectivity index (χ0) is 15.4. The summed E-state index contributed by atoms with van der Waals surface area (Å²) in [6.07, 6.45) is 0.443. The molecule has 0 amide bonds. The second-order valence-corrected chi connectivity index (χ2v) is 5.28. The maximum Gasteiger partial charge on any atom is 0.358 e. The zero-order valence-corrected chi connectivity index (χ0v) is 12.3. The lowest BCUT2D eigenvalue weighted by atomic mass is 10.0. The monoisotopic (exact) mass is 288 g/mol. The number of benzene rings is 1. The van der Waals surface area contributed by atoms with Crippen LogP contribution < -0.4 is 5.73 Å². The highest BCUT2D eigenvalue weighted by Crippen LogP contribution is 2.16. The Hall–Kier alpha value is -2.21. The lowest BCUT2D eigenvalue weighted by Crippen LogP contribution is -2.14. The highest BCUT2D eigenvalue weighted by molar-refractivity contribution is 5.86. The number of carbonyl (C=O) groups is 1. The maximum atomic E-state index is 11.1. The summed E-state index contributed by atoms with van der Waals surface area (Å²) in [4.78, 5) is 11.1. The molecule has 112 valence electrons. The van der Waals surface area contributed by atoms with Crippen LogP contribution in [-0.4, -0.2) is 32.6 Å². The van der Waals surface area contributed by atoms with Crippen molar-refractivity contribution in [1.82, 2.24) is 15.0 Å². The first-order valence-corrected chi connectivity index (χ1v) is 6.97. The Kier molecular flexibility index (Phi) is 4.70. The molecular weight excluding hydrogens is 268 g/mol. The number of aromatic carboxylic acids is 1. The van der Waals surface area contributed by atoms with Crippen LogP contribution in [0.4, 0.5) is 0 Å². The normalized spacial score (nSPS) is 11.0. The van der Waals surface area contributed by atoms with Crippen molar-refractivity contribution in [3.8, 4) is 0 Å². The van der Waals surface area contributed by atoms with E-state index in [4.69, 9.17) is 10.8 Å². The average Bonchev–Trinajstić information content (AvgIpc) is 2.83. The van der Waals surface area contributed by atoms with Gasteiger partial charge in [0, 0.05) is 6.42 Å². The fraction of sp³-hybridized carbons (Fsp3) is 0.400. The molecule has 2 rings (SSSR count). The third kappa shape index (κ3) is 3.46. The van der Waals surface area contributed by atoms with Crippen LogP contribution in [0, 0.1) is 0 Å².